The van der Waals surface area contributed by atoms with Gasteiger partial charge < -0.3 is 20.1 Å². The summed E-state index contributed by atoms with van der Waals surface area (Å²) in [7, 11) is 1.21. The Balaban J connectivity index is 1.74. The molecule has 9 nitrogen and oxygen atoms in total. The molecular weight excluding hydrogens is 434 g/mol. The molecule has 28 heavy (non-hydrogen) atoms. The molecule has 0 saturated heterocycles. The highest BCUT2D eigenvalue weighted by molar-refractivity contribution is 9.11. The largest absolute Gasteiger partial charge is 0.467 e. The molecule has 2 rings (SSSR count). The third kappa shape index (κ3) is 7.57. The average Bonchev–Trinajstić information content (AvgIpc) is 3.13. The minimum Gasteiger partial charge on any atom is -0.467 e. The Bertz CT molecular complexity index is 713. The highest BCUT2D eigenvalue weighted by Crippen LogP contribution is 2.11. The van der Waals surface area contributed by atoms with E-state index in [0.29, 0.717) is 4.61 Å². The maximum absolute atomic E-state index is 12.0. The summed E-state index contributed by atoms with van der Waals surface area (Å²) in [6.45, 7) is 0.343. The fraction of sp³-hybridized carbons (Fsp3) is 0.389. The van der Waals surface area contributed by atoms with Gasteiger partial charge in [0.15, 0.2) is 0 Å². The predicted octanol–water partition coefficient (Wildman–Crippen LogP) is 1.49. The summed E-state index contributed by atoms with van der Waals surface area (Å²) < 4.78 is 10.5. The first-order valence-corrected chi connectivity index (χ1v) is 9.38. The number of halogens is 1. The van der Waals surface area contributed by atoms with Gasteiger partial charge in [-0.3, -0.25) is 15.1 Å². The third-order valence-electron chi connectivity index (χ3n) is 3.79. The monoisotopic (exact) mass is 455 g/mol. The molecule has 0 fully saturated rings. The van der Waals surface area contributed by atoms with Crippen LogP contribution in [0.3, 0.4) is 0 Å². The SMILES string of the molecule is COC(=O)C(CCC(=O)NC[C@@H]1C=C(Br)NO1)NC(=O)OCc1ccccc1. The molecule has 0 saturated carbocycles. The normalized spacial score (nSPS) is 16.4. The molecule has 10 heteroatoms. The van der Waals surface area contributed by atoms with Gasteiger partial charge in [0.2, 0.25) is 5.91 Å². The van der Waals surface area contributed by atoms with Crippen LogP contribution in [0.5, 0.6) is 0 Å². The van der Waals surface area contributed by atoms with Crippen molar-refractivity contribution in [3.63, 3.8) is 0 Å². The van der Waals surface area contributed by atoms with E-state index in [0.717, 1.165) is 5.56 Å². The van der Waals surface area contributed by atoms with Crippen molar-refractivity contribution in [1.82, 2.24) is 16.1 Å². The number of rotatable bonds is 9. The van der Waals surface area contributed by atoms with Gasteiger partial charge in [0.05, 0.1) is 13.7 Å². The molecule has 2 atom stereocenters. The van der Waals surface area contributed by atoms with Crippen LogP contribution in [0.4, 0.5) is 4.79 Å². The number of ether oxygens (including phenoxy) is 2. The van der Waals surface area contributed by atoms with Crippen molar-refractivity contribution < 1.29 is 28.7 Å². The zero-order valence-electron chi connectivity index (χ0n) is 15.3. The lowest BCUT2D eigenvalue weighted by molar-refractivity contribution is -0.143. The van der Waals surface area contributed by atoms with Crippen LogP contribution < -0.4 is 16.1 Å². The summed E-state index contributed by atoms with van der Waals surface area (Å²) in [4.78, 5) is 41.0. The number of hydrogen-bond donors (Lipinski definition) is 3. The second kappa shape index (κ2) is 11.3. The number of methoxy groups -OCH3 is 1. The summed E-state index contributed by atoms with van der Waals surface area (Å²) in [5.41, 5.74) is 3.43. The number of alkyl carbamates (subject to hydrolysis) is 1. The molecule has 1 heterocycles. The number of carbonyl (C=O) groups is 3. The van der Waals surface area contributed by atoms with Crippen LogP contribution >= 0.6 is 15.9 Å². The lowest BCUT2D eigenvalue weighted by atomic mass is 10.1. The fourth-order valence-corrected chi connectivity index (χ4v) is 2.73. The van der Waals surface area contributed by atoms with Crippen LogP contribution in [0.2, 0.25) is 0 Å². The first-order valence-electron chi connectivity index (χ1n) is 8.58. The Morgan fingerprint density at radius 3 is 2.68 bits per heavy atom. The highest BCUT2D eigenvalue weighted by atomic mass is 79.9. The Morgan fingerprint density at radius 1 is 1.29 bits per heavy atom. The van der Waals surface area contributed by atoms with E-state index in [-0.39, 0.29) is 38.0 Å². The fourth-order valence-electron chi connectivity index (χ4n) is 2.34. The molecular formula is C18H22BrN3O6. The highest BCUT2D eigenvalue weighted by Gasteiger charge is 2.23. The molecule has 152 valence electrons. The van der Waals surface area contributed by atoms with Crippen molar-refractivity contribution >= 4 is 33.9 Å². The molecule has 1 aromatic carbocycles. The maximum atomic E-state index is 12.0. The zero-order chi connectivity index (χ0) is 20.4. The zero-order valence-corrected chi connectivity index (χ0v) is 16.9. The molecule has 1 aromatic rings. The minimum atomic E-state index is -0.988. The van der Waals surface area contributed by atoms with Gasteiger partial charge in [-0.25, -0.2) is 9.59 Å². The molecule has 0 bridgehead atoms. The minimum absolute atomic E-state index is 0.0176. The molecule has 0 spiro atoms. The summed E-state index contributed by atoms with van der Waals surface area (Å²) >= 11 is 3.22. The molecule has 1 aliphatic heterocycles. The molecule has 3 N–H and O–H groups in total. The van der Waals surface area contributed by atoms with Gasteiger partial charge in [0.25, 0.3) is 0 Å². The lowest BCUT2D eigenvalue weighted by Crippen LogP contribution is -2.42. The van der Waals surface area contributed by atoms with E-state index in [9.17, 15) is 14.4 Å². The number of nitrogens with one attached hydrogen (secondary N) is 3. The number of hydroxylamine groups is 1. The maximum Gasteiger partial charge on any atom is 0.408 e. The number of benzene rings is 1. The Labute approximate surface area is 170 Å². The van der Waals surface area contributed by atoms with E-state index in [1.807, 2.05) is 30.3 Å². The van der Waals surface area contributed by atoms with Crippen molar-refractivity contribution in [2.45, 2.75) is 31.6 Å². The Kier molecular flexibility index (Phi) is 8.76. The first-order chi connectivity index (χ1) is 13.5. The van der Waals surface area contributed by atoms with Gasteiger partial charge in [0.1, 0.15) is 23.4 Å². The van der Waals surface area contributed by atoms with Gasteiger partial charge >= 0.3 is 12.1 Å². The second-order valence-corrected chi connectivity index (χ2v) is 6.75. The molecule has 1 unspecified atom stereocenters. The van der Waals surface area contributed by atoms with E-state index < -0.39 is 18.1 Å². The molecule has 2 amide bonds. The number of amides is 2. The molecule has 0 radical (unpaired) electrons. The van der Waals surface area contributed by atoms with E-state index in [2.05, 4.69) is 36.8 Å². The quantitative estimate of drug-likeness (QED) is 0.381. The van der Waals surface area contributed by atoms with Crippen LogP contribution in [0.25, 0.3) is 0 Å². The summed E-state index contributed by atoms with van der Waals surface area (Å²) in [6, 6.07) is 8.14. The number of esters is 1. The van der Waals surface area contributed by atoms with Crippen molar-refractivity contribution in [2.24, 2.45) is 0 Å². The van der Waals surface area contributed by atoms with Crippen molar-refractivity contribution in [3.8, 4) is 0 Å². The van der Waals surface area contributed by atoms with Gasteiger partial charge in [0, 0.05) is 6.42 Å². The van der Waals surface area contributed by atoms with Crippen LogP contribution in [0.1, 0.15) is 18.4 Å². The Hall–Kier alpha value is -2.59. The second-order valence-electron chi connectivity index (χ2n) is 5.90. The summed E-state index contributed by atoms with van der Waals surface area (Å²) in [5, 5.41) is 5.12. The van der Waals surface area contributed by atoms with E-state index in [1.54, 1.807) is 6.08 Å². The predicted molar refractivity (Wildman–Crippen MR) is 103 cm³/mol. The number of carbonyl (C=O) groups excluding carboxylic acids is 3. The van der Waals surface area contributed by atoms with Crippen LogP contribution in [-0.2, 0) is 30.5 Å². The lowest BCUT2D eigenvalue weighted by Gasteiger charge is -2.16. The standard InChI is InChI=1S/C18H22BrN3O6/c1-26-17(24)14(21-18(25)27-11-12-5-3-2-4-6-12)7-8-16(23)20-10-13-9-15(19)22-28-13/h2-6,9,13-14,22H,7-8,10-11H2,1H3,(H,20,23)(H,21,25)/t13-,14?/m0/s1. The number of hydrogen-bond acceptors (Lipinski definition) is 7. The van der Waals surface area contributed by atoms with Crippen LogP contribution in [-0.4, -0.2) is 43.8 Å². The van der Waals surface area contributed by atoms with Crippen LogP contribution in [0, 0.1) is 0 Å². The summed E-state index contributed by atoms with van der Waals surface area (Å²) in [5.74, 6) is -0.937. The van der Waals surface area contributed by atoms with Crippen LogP contribution in [0.15, 0.2) is 41.0 Å². The Morgan fingerprint density at radius 2 is 2.04 bits per heavy atom. The van der Waals surface area contributed by atoms with E-state index in [1.165, 1.54) is 7.11 Å². The van der Waals surface area contributed by atoms with Gasteiger partial charge in [-0.2, -0.15) is 0 Å². The van der Waals surface area contributed by atoms with Gasteiger partial charge in [-0.05, 0) is 34.0 Å². The average molecular weight is 456 g/mol. The summed E-state index contributed by atoms with van der Waals surface area (Å²) in [6.07, 6.45) is 0.800. The molecule has 1 aliphatic rings. The molecule has 0 aliphatic carbocycles. The van der Waals surface area contributed by atoms with E-state index >= 15 is 0 Å². The smallest absolute Gasteiger partial charge is 0.408 e. The van der Waals surface area contributed by atoms with Gasteiger partial charge in [-0.15, -0.1) is 0 Å². The topological polar surface area (TPSA) is 115 Å². The van der Waals surface area contributed by atoms with Crippen molar-refractivity contribution in [1.29, 1.82) is 0 Å². The first kappa shape index (κ1) is 21.7. The van der Waals surface area contributed by atoms with Crippen molar-refractivity contribution in [2.75, 3.05) is 13.7 Å². The third-order valence-corrected chi connectivity index (χ3v) is 4.22. The molecule has 0 aromatic heterocycles. The van der Waals surface area contributed by atoms with E-state index in [4.69, 9.17) is 9.57 Å². The van der Waals surface area contributed by atoms with Gasteiger partial charge in [-0.1, -0.05) is 30.3 Å². The van der Waals surface area contributed by atoms with Crippen molar-refractivity contribution in [3.05, 3.63) is 46.6 Å².